The second-order valence-corrected chi connectivity index (χ2v) is 6.67. The third-order valence-electron chi connectivity index (χ3n) is 4.67. The number of aromatic hydroxyl groups is 2. The highest BCUT2D eigenvalue weighted by molar-refractivity contribution is 5.91. The Hall–Kier alpha value is -2.77. The van der Waals surface area contributed by atoms with Crippen molar-refractivity contribution in [1.29, 1.82) is 0 Å². The summed E-state index contributed by atoms with van der Waals surface area (Å²) in [5.74, 6) is -2.37. The van der Waals surface area contributed by atoms with Gasteiger partial charge in [-0.05, 0) is 41.7 Å². The molecule has 1 aliphatic carbocycles. The molecule has 0 spiro atoms. The summed E-state index contributed by atoms with van der Waals surface area (Å²) in [5.41, 5.74) is 7.51. The lowest BCUT2D eigenvalue weighted by atomic mass is 9.95. The van der Waals surface area contributed by atoms with Gasteiger partial charge in [0.05, 0.1) is 0 Å². The van der Waals surface area contributed by atoms with Gasteiger partial charge in [0.2, 0.25) is 5.91 Å². The van der Waals surface area contributed by atoms with Crippen molar-refractivity contribution in [3.63, 3.8) is 0 Å². The van der Waals surface area contributed by atoms with Gasteiger partial charge in [-0.2, -0.15) is 0 Å². The van der Waals surface area contributed by atoms with Gasteiger partial charge in [-0.1, -0.05) is 30.3 Å². The molecule has 0 aromatic heterocycles. The number of amides is 1. The average Bonchev–Trinajstić information content (AvgIpc) is 2.94. The Morgan fingerprint density at radius 2 is 1.67 bits per heavy atom. The standard InChI is InChI=1S/C19H20N2O5.ClH/c20-19(9-12-3-1-2-4-13(12)10-19)18(26)21-14(17(24)25)7-11-5-6-15(22)16(23)8-11;/h1-6,8,14,22-23H,7,9-10,20H2,(H,21,26)(H,24,25);1H/t14-;/m0./s1. The summed E-state index contributed by atoms with van der Waals surface area (Å²) >= 11 is 0. The van der Waals surface area contributed by atoms with E-state index in [1.807, 2.05) is 24.3 Å². The van der Waals surface area contributed by atoms with Crippen molar-refractivity contribution >= 4 is 24.3 Å². The molecule has 0 fully saturated rings. The van der Waals surface area contributed by atoms with Crippen LogP contribution < -0.4 is 11.1 Å². The van der Waals surface area contributed by atoms with Gasteiger partial charge in [0.25, 0.3) is 0 Å². The molecule has 1 atom stereocenters. The first-order chi connectivity index (χ1) is 12.3. The first-order valence-corrected chi connectivity index (χ1v) is 8.19. The summed E-state index contributed by atoms with van der Waals surface area (Å²) in [6, 6.07) is 10.4. The van der Waals surface area contributed by atoms with E-state index in [9.17, 15) is 24.9 Å². The number of fused-ring (bicyclic) bond motifs is 1. The fraction of sp³-hybridized carbons (Fsp3) is 0.263. The van der Waals surface area contributed by atoms with Crippen LogP contribution in [0.3, 0.4) is 0 Å². The number of carbonyl (C=O) groups is 2. The van der Waals surface area contributed by atoms with Gasteiger partial charge in [0.1, 0.15) is 11.6 Å². The molecular weight excluding hydrogens is 372 g/mol. The number of benzene rings is 2. The number of carbonyl (C=O) groups excluding carboxylic acids is 1. The minimum Gasteiger partial charge on any atom is -0.504 e. The Morgan fingerprint density at radius 3 is 2.19 bits per heavy atom. The lowest BCUT2D eigenvalue weighted by molar-refractivity contribution is -0.142. The number of carboxylic acid groups (broad SMARTS) is 1. The minimum absolute atomic E-state index is 0. The number of phenols is 2. The van der Waals surface area contributed by atoms with E-state index in [1.165, 1.54) is 18.2 Å². The van der Waals surface area contributed by atoms with Crippen LogP contribution in [0.15, 0.2) is 42.5 Å². The molecule has 3 rings (SSSR count). The fourth-order valence-corrected chi connectivity index (χ4v) is 3.24. The maximum atomic E-state index is 12.7. The Balaban J connectivity index is 0.00000261. The van der Waals surface area contributed by atoms with Crippen LogP contribution in [0.5, 0.6) is 11.5 Å². The normalized spacial score (nSPS) is 15.3. The smallest absolute Gasteiger partial charge is 0.326 e. The number of carboxylic acids is 1. The molecule has 6 N–H and O–H groups in total. The Labute approximate surface area is 162 Å². The molecule has 2 aromatic carbocycles. The predicted molar refractivity (Wildman–Crippen MR) is 101 cm³/mol. The zero-order valence-corrected chi connectivity index (χ0v) is 15.2. The highest BCUT2D eigenvalue weighted by Gasteiger charge is 2.41. The van der Waals surface area contributed by atoms with Crippen molar-refractivity contribution in [3.05, 3.63) is 59.2 Å². The summed E-state index contributed by atoms with van der Waals surface area (Å²) in [6.07, 6.45) is 0.653. The first-order valence-electron chi connectivity index (χ1n) is 8.19. The lowest BCUT2D eigenvalue weighted by Crippen LogP contribution is -2.58. The van der Waals surface area contributed by atoms with Gasteiger partial charge < -0.3 is 26.4 Å². The number of rotatable bonds is 5. The zero-order chi connectivity index (χ0) is 18.9. The second-order valence-electron chi connectivity index (χ2n) is 6.67. The molecular formula is C19H21ClN2O5. The van der Waals surface area contributed by atoms with E-state index in [-0.39, 0.29) is 30.3 Å². The van der Waals surface area contributed by atoms with Crippen molar-refractivity contribution in [2.75, 3.05) is 0 Å². The van der Waals surface area contributed by atoms with E-state index >= 15 is 0 Å². The Kier molecular flexibility index (Phi) is 5.98. The van der Waals surface area contributed by atoms with Crippen molar-refractivity contribution in [2.45, 2.75) is 30.8 Å². The van der Waals surface area contributed by atoms with Crippen molar-refractivity contribution < 1.29 is 24.9 Å². The van der Waals surface area contributed by atoms with E-state index < -0.39 is 23.5 Å². The van der Waals surface area contributed by atoms with Crippen LogP contribution in [0.25, 0.3) is 0 Å². The van der Waals surface area contributed by atoms with Gasteiger partial charge in [-0.25, -0.2) is 4.79 Å². The van der Waals surface area contributed by atoms with E-state index in [1.54, 1.807) is 0 Å². The predicted octanol–water partition coefficient (Wildman–Crippen LogP) is 1.13. The van der Waals surface area contributed by atoms with E-state index in [4.69, 9.17) is 5.73 Å². The van der Waals surface area contributed by atoms with Gasteiger partial charge >= 0.3 is 5.97 Å². The number of nitrogens with one attached hydrogen (secondary N) is 1. The third-order valence-corrected chi connectivity index (χ3v) is 4.67. The topological polar surface area (TPSA) is 133 Å². The Bertz CT molecular complexity index is 846. The van der Waals surface area contributed by atoms with Gasteiger partial charge in [-0.15, -0.1) is 12.4 Å². The Morgan fingerprint density at radius 1 is 1.07 bits per heavy atom. The summed E-state index contributed by atoms with van der Waals surface area (Å²) in [7, 11) is 0. The molecule has 1 aliphatic rings. The highest BCUT2D eigenvalue weighted by Crippen LogP contribution is 2.29. The van der Waals surface area contributed by atoms with Crippen molar-refractivity contribution in [1.82, 2.24) is 5.32 Å². The zero-order valence-electron chi connectivity index (χ0n) is 14.4. The number of halogens is 1. The van der Waals surface area contributed by atoms with Crippen LogP contribution in [-0.4, -0.2) is 38.8 Å². The van der Waals surface area contributed by atoms with Gasteiger partial charge in [0.15, 0.2) is 11.5 Å². The lowest BCUT2D eigenvalue weighted by Gasteiger charge is -2.25. The van der Waals surface area contributed by atoms with Gasteiger partial charge in [-0.3, -0.25) is 4.79 Å². The molecule has 0 saturated carbocycles. The summed E-state index contributed by atoms with van der Waals surface area (Å²) in [4.78, 5) is 24.2. The molecule has 2 aromatic rings. The van der Waals surface area contributed by atoms with Crippen LogP contribution in [0, 0.1) is 0 Å². The molecule has 27 heavy (non-hydrogen) atoms. The maximum Gasteiger partial charge on any atom is 0.326 e. The molecule has 1 amide bonds. The van der Waals surface area contributed by atoms with E-state index in [0.717, 1.165) is 11.1 Å². The molecule has 0 bridgehead atoms. The number of nitrogens with two attached hydrogens (primary N) is 1. The summed E-state index contributed by atoms with van der Waals surface area (Å²) < 4.78 is 0. The fourth-order valence-electron chi connectivity index (χ4n) is 3.24. The molecule has 0 heterocycles. The molecule has 0 unspecified atom stereocenters. The second kappa shape index (κ2) is 7.85. The average molecular weight is 393 g/mol. The van der Waals surface area contributed by atoms with Crippen LogP contribution in [0.4, 0.5) is 0 Å². The first kappa shape index (κ1) is 20.5. The molecule has 0 aliphatic heterocycles. The minimum atomic E-state index is -1.20. The van der Waals surface area contributed by atoms with E-state index in [2.05, 4.69) is 5.32 Å². The maximum absolute atomic E-state index is 12.7. The number of aliphatic carboxylic acids is 1. The largest absolute Gasteiger partial charge is 0.504 e. The van der Waals surface area contributed by atoms with E-state index in [0.29, 0.717) is 18.4 Å². The number of phenolic OH excluding ortho intramolecular Hbond substituents is 2. The molecule has 8 heteroatoms. The molecule has 144 valence electrons. The number of hydrogen-bond donors (Lipinski definition) is 5. The quantitative estimate of drug-likeness (QED) is 0.484. The van der Waals surface area contributed by atoms with Gasteiger partial charge in [0, 0.05) is 6.42 Å². The van der Waals surface area contributed by atoms with Crippen molar-refractivity contribution in [3.8, 4) is 11.5 Å². The molecule has 0 radical (unpaired) electrons. The summed E-state index contributed by atoms with van der Waals surface area (Å²) in [5, 5.41) is 30.8. The SMILES string of the molecule is Cl.NC1(C(=O)N[C@@H](Cc2ccc(O)c(O)c2)C(=O)O)Cc2ccccc2C1. The van der Waals surface area contributed by atoms with Crippen molar-refractivity contribution in [2.24, 2.45) is 5.73 Å². The molecule has 7 nitrogen and oxygen atoms in total. The monoisotopic (exact) mass is 392 g/mol. The third kappa shape index (κ3) is 4.32. The van der Waals surface area contributed by atoms with Crippen LogP contribution >= 0.6 is 12.4 Å². The number of hydrogen-bond acceptors (Lipinski definition) is 5. The van der Waals surface area contributed by atoms with Crippen LogP contribution in [-0.2, 0) is 28.9 Å². The summed E-state index contributed by atoms with van der Waals surface area (Å²) in [6.45, 7) is 0. The van der Waals surface area contributed by atoms with Crippen LogP contribution in [0.2, 0.25) is 0 Å². The molecule has 0 saturated heterocycles. The highest BCUT2D eigenvalue weighted by atomic mass is 35.5. The van der Waals surface area contributed by atoms with Crippen LogP contribution in [0.1, 0.15) is 16.7 Å².